The Morgan fingerprint density at radius 3 is 2.33 bits per heavy atom. The Kier molecular flexibility index (Phi) is 6.34. The molecule has 0 heterocycles. The maximum absolute atomic E-state index is 9.09. The maximum Gasteiger partial charge on any atom is 0.0895 e. The Labute approximate surface area is 74.9 Å². The average Bonchev–Trinajstić information content (AvgIpc) is 1.99. The summed E-state index contributed by atoms with van der Waals surface area (Å²) in [6.07, 6.45) is 0.725. The Hall–Kier alpha value is -0.120. The van der Waals surface area contributed by atoms with Crippen molar-refractivity contribution < 1.29 is 9.84 Å². The summed E-state index contributed by atoms with van der Waals surface area (Å²) in [5.74, 6) is 0.634. The van der Waals surface area contributed by atoms with Crippen LogP contribution in [-0.2, 0) is 4.74 Å². The van der Waals surface area contributed by atoms with E-state index in [1.165, 1.54) is 0 Å². The lowest BCUT2D eigenvalue weighted by Crippen LogP contribution is -2.27. The molecule has 0 aliphatic rings. The van der Waals surface area contributed by atoms with Crippen molar-refractivity contribution >= 4 is 0 Å². The average molecular weight is 175 g/mol. The van der Waals surface area contributed by atoms with Gasteiger partial charge in [0.05, 0.1) is 18.8 Å². The van der Waals surface area contributed by atoms with Gasteiger partial charge >= 0.3 is 0 Å². The first-order valence-electron chi connectivity index (χ1n) is 4.56. The van der Waals surface area contributed by atoms with Crippen molar-refractivity contribution in [3.8, 4) is 0 Å². The number of hydrogen-bond acceptors (Lipinski definition) is 3. The number of ether oxygens (including phenoxy) is 1. The summed E-state index contributed by atoms with van der Waals surface area (Å²) in [6, 6.07) is 0. The third-order valence-electron chi connectivity index (χ3n) is 1.65. The molecule has 0 bridgehead atoms. The van der Waals surface area contributed by atoms with Gasteiger partial charge in [0, 0.05) is 6.54 Å². The van der Waals surface area contributed by atoms with Gasteiger partial charge < -0.3 is 15.6 Å². The summed E-state index contributed by atoms with van der Waals surface area (Å²) < 4.78 is 5.38. The molecule has 0 fully saturated rings. The van der Waals surface area contributed by atoms with Crippen molar-refractivity contribution in [1.82, 2.24) is 0 Å². The van der Waals surface area contributed by atoms with Gasteiger partial charge in [-0.1, -0.05) is 13.8 Å². The van der Waals surface area contributed by atoms with Crippen molar-refractivity contribution in [2.45, 2.75) is 39.4 Å². The first-order chi connectivity index (χ1) is 5.56. The zero-order valence-corrected chi connectivity index (χ0v) is 8.29. The molecule has 0 aromatic carbocycles. The van der Waals surface area contributed by atoms with Crippen LogP contribution in [0.1, 0.15) is 27.2 Å². The Morgan fingerprint density at radius 2 is 1.92 bits per heavy atom. The van der Waals surface area contributed by atoms with Crippen LogP contribution in [-0.4, -0.2) is 30.5 Å². The van der Waals surface area contributed by atoms with Gasteiger partial charge in [0.2, 0.25) is 0 Å². The second-order valence-corrected chi connectivity index (χ2v) is 3.66. The molecular formula is C9H21NO2. The summed E-state index contributed by atoms with van der Waals surface area (Å²) in [4.78, 5) is 0. The van der Waals surface area contributed by atoms with Gasteiger partial charge in [-0.3, -0.25) is 0 Å². The summed E-state index contributed by atoms with van der Waals surface area (Å²) >= 11 is 0. The number of rotatable bonds is 6. The number of aliphatic hydroxyl groups excluding tert-OH is 1. The van der Waals surface area contributed by atoms with E-state index in [0.717, 1.165) is 6.42 Å². The van der Waals surface area contributed by atoms with Crippen LogP contribution in [0.15, 0.2) is 0 Å². The quantitative estimate of drug-likeness (QED) is 0.626. The van der Waals surface area contributed by atoms with Crippen LogP contribution in [0.3, 0.4) is 0 Å². The van der Waals surface area contributed by atoms with Gasteiger partial charge in [-0.05, 0) is 19.3 Å². The highest BCUT2D eigenvalue weighted by Gasteiger charge is 2.07. The summed E-state index contributed by atoms with van der Waals surface area (Å²) in [6.45, 7) is 6.94. The molecule has 0 saturated carbocycles. The molecule has 0 rings (SSSR count). The van der Waals surface area contributed by atoms with Crippen LogP contribution >= 0.6 is 0 Å². The highest BCUT2D eigenvalue weighted by molar-refractivity contribution is 4.58. The summed E-state index contributed by atoms with van der Waals surface area (Å²) in [5, 5.41) is 9.09. The van der Waals surface area contributed by atoms with E-state index in [-0.39, 0.29) is 12.6 Å². The molecule has 0 aliphatic carbocycles. The largest absolute Gasteiger partial charge is 0.389 e. The maximum atomic E-state index is 9.09. The first kappa shape index (κ1) is 11.9. The van der Waals surface area contributed by atoms with Crippen LogP contribution in [0.4, 0.5) is 0 Å². The third-order valence-corrected chi connectivity index (χ3v) is 1.65. The minimum absolute atomic E-state index is 0.214. The highest BCUT2D eigenvalue weighted by Crippen LogP contribution is 2.07. The molecule has 2 atom stereocenters. The van der Waals surface area contributed by atoms with E-state index in [9.17, 15) is 0 Å². The van der Waals surface area contributed by atoms with Crippen LogP contribution in [0.2, 0.25) is 0 Å². The second kappa shape index (κ2) is 6.40. The van der Waals surface area contributed by atoms with Crippen LogP contribution in [0, 0.1) is 5.92 Å². The molecule has 0 aromatic rings. The van der Waals surface area contributed by atoms with E-state index in [4.69, 9.17) is 15.6 Å². The minimum atomic E-state index is -0.514. The van der Waals surface area contributed by atoms with E-state index in [1.54, 1.807) is 0 Å². The lowest BCUT2D eigenvalue weighted by atomic mass is 10.1. The summed E-state index contributed by atoms with van der Waals surface area (Å²) in [5.41, 5.74) is 5.23. The molecule has 2 unspecified atom stereocenters. The van der Waals surface area contributed by atoms with E-state index in [0.29, 0.717) is 12.5 Å². The van der Waals surface area contributed by atoms with E-state index < -0.39 is 6.10 Å². The molecule has 0 spiro atoms. The predicted molar refractivity (Wildman–Crippen MR) is 49.9 cm³/mol. The fourth-order valence-electron chi connectivity index (χ4n) is 1.08. The molecule has 74 valence electrons. The molecule has 3 N–H and O–H groups in total. The first-order valence-corrected chi connectivity index (χ1v) is 4.56. The second-order valence-electron chi connectivity index (χ2n) is 3.66. The van der Waals surface area contributed by atoms with Crippen LogP contribution < -0.4 is 5.73 Å². The van der Waals surface area contributed by atoms with Gasteiger partial charge in [0.25, 0.3) is 0 Å². The van der Waals surface area contributed by atoms with Crippen molar-refractivity contribution in [1.29, 1.82) is 0 Å². The minimum Gasteiger partial charge on any atom is -0.389 e. The lowest BCUT2D eigenvalue weighted by molar-refractivity contribution is -0.00576. The van der Waals surface area contributed by atoms with Gasteiger partial charge in [-0.2, -0.15) is 0 Å². The van der Waals surface area contributed by atoms with Crippen molar-refractivity contribution in [3.63, 3.8) is 0 Å². The van der Waals surface area contributed by atoms with Gasteiger partial charge in [0.15, 0.2) is 0 Å². The van der Waals surface area contributed by atoms with E-state index in [2.05, 4.69) is 13.8 Å². The van der Waals surface area contributed by atoms with Gasteiger partial charge in [-0.15, -0.1) is 0 Å². The molecule has 12 heavy (non-hydrogen) atoms. The molecule has 3 heteroatoms. The van der Waals surface area contributed by atoms with Crippen molar-refractivity contribution in [2.24, 2.45) is 11.7 Å². The predicted octanol–water partition coefficient (Wildman–Crippen LogP) is 0.757. The number of nitrogens with two attached hydrogens (primary N) is 1. The van der Waals surface area contributed by atoms with Gasteiger partial charge in [0.1, 0.15) is 0 Å². The fourth-order valence-corrected chi connectivity index (χ4v) is 1.08. The molecular weight excluding hydrogens is 154 g/mol. The Bertz CT molecular complexity index is 107. The number of aliphatic hydroxyl groups is 1. The SMILES string of the molecule is CC(C)CC(C)OCC(O)CN. The zero-order chi connectivity index (χ0) is 9.56. The monoisotopic (exact) mass is 175 g/mol. The molecule has 0 aromatic heterocycles. The van der Waals surface area contributed by atoms with Gasteiger partial charge in [-0.25, -0.2) is 0 Å². The number of hydrogen-bond donors (Lipinski definition) is 2. The van der Waals surface area contributed by atoms with Crippen molar-refractivity contribution in [2.75, 3.05) is 13.2 Å². The molecule has 0 aliphatic heterocycles. The van der Waals surface area contributed by atoms with Crippen molar-refractivity contribution in [3.05, 3.63) is 0 Å². The van der Waals surface area contributed by atoms with Crippen LogP contribution in [0.5, 0.6) is 0 Å². The Balaban J connectivity index is 3.36. The fraction of sp³-hybridized carbons (Fsp3) is 1.00. The summed E-state index contributed by atoms with van der Waals surface area (Å²) in [7, 11) is 0. The highest BCUT2D eigenvalue weighted by atomic mass is 16.5. The normalized spacial score (nSPS) is 16.5. The molecule has 0 amide bonds. The molecule has 3 nitrogen and oxygen atoms in total. The zero-order valence-electron chi connectivity index (χ0n) is 8.29. The van der Waals surface area contributed by atoms with Crippen LogP contribution in [0.25, 0.3) is 0 Å². The smallest absolute Gasteiger partial charge is 0.0895 e. The molecule has 0 radical (unpaired) electrons. The van der Waals surface area contributed by atoms with E-state index in [1.807, 2.05) is 6.92 Å². The standard InChI is InChI=1S/C9H21NO2/c1-7(2)4-8(3)12-6-9(11)5-10/h7-9,11H,4-6,10H2,1-3H3. The lowest BCUT2D eigenvalue weighted by Gasteiger charge is -2.16. The molecule has 0 saturated heterocycles. The topological polar surface area (TPSA) is 55.5 Å². The Morgan fingerprint density at radius 1 is 1.33 bits per heavy atom. The van der Waals surface area contributed by atoms with E-state index >= 15 is 0 Å². The third kappa shape index (κ3) is 6.58.